The topological polar surface area (TPSA) is 67.1 Å². The Labute approximate surface area is 101 Å². The molecule has 1 amide bonds. The molecule has 0 heterocycles. The van der Waals surface area contributed by atoms with Crippen molar-refractivity contribution in [1.29, 1.82) is 0 Å². The maximum absolute atomic E-state index is 12.6. The highest BCUT2D eigenvalue weighted by Gasteiger charge is 2.32. The summed E-state index contributed by atoms with van der Waals surface area (Å²) in [5.41, 5.74) is 1.42. The molecule has 1 aromatic rings. The van der Waals surface area contributed by atoms with Crippen LogP contribution in [0, 0.1) is 0 Å². The maximum Gasteiger partial charge on any atom is 0.416 e. The molecule has 0 spiro atoms. The summed E-state index contributed by atoms with van der Waals surface area (Å²) >= 11 is 0. The van der Waals surface area contributed by atoms with E-state index >= 15 is 0 Å². The first-order valence-electron chi connectivity index (χ1n) is 5.40. The molecule has 4 N–H and O–H groups in total. The number of nitrogens with one attached hydrogen (secondary N) is 2. The van der Waals surface area contributed by atoms with Crippen molar-refractivity contribution in [3.63, 3.8) is 0 Å². The molecule has 7 heteroatoms. The van der Waals surface area contributed by atoms with E-state index < -0.39 is 17.6 Å². The van der Waals surface area contributed by atoms with Crippen molar-refractivity contribution in [3.8, 4) is 0 Å². The summed E-state index contributed by atoms with van der Waals surface area (Å²) in [5.74, 6) is 4.64. The first-order chi connectivity index (χ1) is 8.41. The van der Waals surface area contributed by atoms with Crippen LogP contribution in [0.3, 0.4) is 0 Å². The molecule has 0 bridgehead atoms. The van der Waals surface area contributed by atoms with Crippen LogP contribution in [0.5, 0.6) is 0 Å². The molecule has 1 aromatic carbocycles. The lowest BCUT2D eigenvalue weighted by Crippen LogP contribution is -2.27. The number of alkyl halides is 3. The van der Waals surface area contributed by atoms with E-state index in [0.717, 1.165) is 31.0 Å². The van der Waals surface area contributed by atoms with Gasteiger partial charge >= 0.3 is 6.18 Å². The van der Waals surface area contributed by atoms with Gasteiger partial charge in [-0.1, -0.05) is 0 Å². The third kappa shape index (κ3) is 2.73. The first kappa shape index (κ1) is 12.7. The standard InChI is InChI=1S/C11H12F3N3O/c12-11(13,14)6-1-4-9(17-15)8(5-6)10(18)16-7-2-3-7/h1,4-5,7,17H,2-3,15H2,(H,16,18). The molecule has 4 nitrogen and oxygen atoms in total. The fourth-order valence-corrected chi connectivity index (χ4v) is 1.53. The maximum atomic E-state index is 12.6. The fraction of sp³-hybridized carbons (Fsp3) is 0.364. The minimum atomic E-state index is -4.48. The molecule has 1 aliphatic rings. The van der Waals surface area contributed by atoms with Crippen molar-refractivity contribution in [3.05, 3.63) is 29.3 Å². The van der Waals surface area contributed by atoms with Crippen LogP contribution in [0.2, 0.25) is 0 Å². The Bertz CT molecular complexity index is 469. The van der Waals surface area contributed by atoms with E-state index in [2.05, 4.69) is 10.7 Å². The third-order valence-corrected chi connectivity index (χ3v) is 2.66. The largest absolute Gasteiger partial charge is 0.416 e. The van der Waals surface area contributed by atoms with Crippen LogP contribution in [-0.2, 0) is 6.18 Å². The van der Waals surface area contributed by atoms with Gasteiger partial charge in [-0.15, -0.1) is 0 Å². The van der Waals surface area contributed by atoms with Gasteiger partial charge in [0, 0.05) is 6.04 Å². The van der Waals surface area contributed by atoms with Gasteiger partial charge in [-0.2, -0.15) is 13.2 Å². The van der Waals surface area contributed by atoms with Crippen molar-refractivity contribution in [1.82, 2.24) is 5.32 Å². The summed E-state index contributed by atoms with van der Waals surface area (Å²) in [6.45, 7) is 0. The number of benzene rings is 1. The third-order valence-electron chi connectivity index (χ3n) is 2.66. The van der Waals surface area contributed by atoms with Gasteiger partial charge in [0.15, 0.2) is 0 Å². The summed E-state index contributed by atoms with van der Waals surface area (Å²) in [5, 5.41) is 2.62. The van der Waals surface area contributed by atoms with Crippen LogP contribution in [0.25, 0.3) is 0 Å². The summed E-state index contributed by atoms with van der Waals surface area (Å²) in [7, 11) is 0. The molecule has 0 saturated heterocycles. The number of hydrogen-bond acceptors (Lipinski definition) is 3. The van der Waals surface area contributed by atoms with Crippen molar-refractivity contribution < 1.29 is 18.0 Å². The van der Waals surface area contributed by atoms with E-state index in [-0.39, 0.29) is 17.3 Å². The van der Waals surface area contributed by atoms with Crippen molar-refractivity contribution in [2.24, 2.45) is 5.84 Å². The SMILES string of the molecule is NNc1ccc(C(F)(F)F)cc1C(=O)NC1CC1. The number of hydrazine groups is 1. The van der Waals surface area contributed by atoms with Gasteiger partial charge in [0.1, 0.15) is 0 Å². The van der Waals surface area contributed by atoms with E-state index in [1.807, 2.05) is 0 Å². The summed E-state index contributed by atoms with van der Waals surface area (Å²) in [4.78, 5) is 11.8. The Morgan fingerprint density at radius 2 is 2.00 bits per heavy atom. The molecule has 1 fully saturated rings. The predicted molar refractivity (Wildman–Crippen MR) is 59.7 cm³/mol. The molecule has 0 aliphatic heterocycles. The molecule has 98 valence electrons. The van der Waals surface area contributed by atoms with Crippen LogP contribution >= 0.6 is 0 Å². The number of carbonyl (C=O) groups excluding carboxylic acids is 1. The van der Waals surface area contributed by atoms with Gasteiger partial charge in [0.25, 0.3) is 5.91 Å². The van der Waals surface area contributed by atoms with Gasteiger partial charge in [-0.05, 0) is 31.0 Å². The normalized spacial score (nSPS) is 15.3. The number of nitrogen functional groups attached to an aromatic ring is 1. The second kappa shape index (κ2) is 4.49. The Morgan fingerprint density at radius 1 is 1.33 bits per heavy atom. The number of hydrogen-bond donors (Lipinski definition) is 3. The Hall–Kier alpha value is -1.76. The van der Waals surface area contributed by atoms with E-state index in [1.165, 1.54) is 0 Å². The molecule has 0 unspecified atom stereocenters. The van der Waals surface area contributed by atoms with Gasteiger partial charge in [-0.25, -0.2) is 0 Å². The van der Waals surface area contributed by atoms with Crippen molar-refractivity contribution >= 4 is 11.6 Å². The molecule has 0 radical (unpaired) electrons. The zero-order chi connectivity index (χ0) is 13.3. The van der Waals surface area contributed by atoms with E-state index in [4.69, 9.17) is 5.84 Å². The van der Waals surface area contributed by atoms with E-state index in [0.29, 0.717) is 0 Å². The summed E-state index contributed by atoms with van der Waals surface area (Å²) in [6.07, 6.45) is -2.77. The number of amides is 1. The number of anilines is 1. The Kier molecular flexibility index (Phi) is 3.16. The lowest BCUT2D eigenvalue weighted by Gasteiger charge is -2.13. The van der Waals surface area contributed by atoms with Crippen LogP contribution in [0.15, 0.2) is 18.2 Å². The van der Waals surface area contributed by atoms with Crippen molar-refractivity contribution in [2.75, 3.05) is 5.43 Å². The summed E-state index contributed by atoms with van der Waals surface area (Å²) < 4.78 is 37.7. The molecular weight excluding hydrogens is 247 g/mol. The number of nitrogens with two attached hydrogens (primary N) is 1. The van der Waals surface area contributed by atoms with Gasteiger partial charge in [0.05, 0.1) is 16.8 Å². The Morgan fingerprint density at radius 3 is 2.50 bits per heavy atom. The lowest BCUT2D eigenvalue weighted by atomic mass is 10.1. The highest BCUT2D eigenvalue weighted by Crippen LogP contribution is 2.32. The first-order valence-corrected chi connectivity index (χ1v) is 5.40. The number of rotatable bonds is 3. The van der Waals surface area contributed by atoms with Gasteiger partial charge in [0.2, 0.25) is 0 Å². The Balaban J connectivity index is 2.32. The van der Waals surface area contributed by atoms with Crippen molar-refractivity contribution in [2.45, 2.75) is 25.1 Å². The van der Waals surface area contributed by atoms with Gasteiger partial charge < -0.3 is 10.7 Å². The lowest BCUT2D eigenvalue weighted by molar-refractivity contribution is -0.137. The van der Waals surface area contributed by atoms with Crippen LogP contribution in [0.4, 0.5) is 18.9 Å². The molecule has 0 atom stereocenters. The zero-order valence-corrected chi connectivity index (χ0v) is 9.34. The smallest absolute Gasteiger partial charge is 0.349 e. The summed E-state index contributed by atoms with van der Waals surface area (Å²) in [6, 6.07) is 2.89. The molecule has 2 rings (SSSR count). The van der Waals surface area contributed by atoms with E-state index in [9.17, 15) is 18.0 Å². The van der Waals surface area contributed by atoms with Crippen LogP contribution < -0.4 is 16.6 Å². The molecule has 18 heavy (non-hydrogen) atoms. The second-order valence-corrected chi connectivity index (χ2v) is 4.15. The second-order valence-electron chi connectivity index (χ2n) is 4.15. The predicted octanol–water partition coefficient (Wildman–Crippen LogP) is 1.88. The fourth-order valence-electron chi connectivity index (χ4n) is 1.53. The molecule has 0 aromatic heterocycles. The monoisotopic (exact) mass is 259 g/mol. The zero-order valence-electron chi connectivity index (χ0n) is 9.34. The number of carbonyl (C=O) groups is 1. The molecule has 1 saturated carbocycles. The van der Waals surface area contributed by atoms with E-state index in [1.54, 1.807) is 0 Å². The minimum absolute atomic E-state index is 0.0673. The minimum Gasteiger partial charge on any atom is -0.349 e. The van der Waals surface area contributed by atoms with Crippen LogP contribution in [0.1, 0.15) is 28.8 Å². The highest BCUT2D eigenvalue weighted by molar-refractivity contribution is 6.00. The average molecular weight is 259 g/mol. The van der Waals surface area contributed by atoms with Gasteiger partial charge in [-0.3, -0.25) is 10.6 Å². The quantitative estimate of drug-likeness (QED) is 0.573. The van der Waals surface area contributed by atoms with Crippen LogP contribution in [-0.4, -0.2) is 11.9 Å². The molecular formula is C11H12F3N3O. The number of halogens is 3. The highest BCUT2D eigenvalue weighted by atomic mass is 19.4. The molecule has 1 aliphatic carbocycles. The average Bonchev–Trinajstić information content (AvgIpc) is 3.10.